The highest BCUT2D eigenvalue weighted by Gasteiger charge is 2.39. The van der Waals surface area contributed by atoms with Crippen molar-refractivity contribution in [3.8, 4) is 5.75 Å². The van der Waals surface area contributed by atoms with Crippen molar-refractivity contribution in [3.63, 3.8) is 0 Å². The SMILES string of the molecule is CCOc1ccc(C)cc1S(=O)(=O)N1CCCC1CS(=O)(=O)c1ccccc1. The highest BCUT2D eigenvalue weighted by molar-refractivity contribution is 7.91. The molecule has 0 bridgehead atoms. The van der Waals surface area contributed by atoms with E-state index >= 15 is 0 Å². The van der Waals surface area contributed by atoms with Crippen LogP contribution in [0.1, 0.15) is 25.3 Å². The second-order valence-electron chi connectivity index (χ2n) is 6.89. The minimum absolute atomic E-state index is 0.0957. The normalized spacial score (nSPS) is 18.3. The van der Waals surface area contributed by atoms with Crippen molar-refractivity contribution in [2.45, 2.75) is 42.5 Å². The molecule has 3 rings (SSSR count). The topological polar surface area (TPSA) is 80.8 Å². The minimum atomic E-state index is -3.87. The highest BCUT2D eigenvalue weighted by Crippen LogP contribution is 2.33. The zero-order chi connectivity index (χ0) is 20.4. The van der Waals surface area contributed by atoms with Crippen LogP contribution in [0.4, 0.5) is 0 Å². The standard InChI is InChI=1S/C20H25NO5S2/c1-3-26-19-12-11-16(2)14-20(19)28(24,25)21-13-7-8-17(21)15-27(22,23)18-9-5-4-6-10-18/h4-6,9-12,14,17H,3,7-8,13,15H2,1-2H3. The fourth-order valence-electron chi connectivity index (χ4n) is 3.49. The number of sulfonamides is 1. The van der Waals surface area contributed by atoms with E-state index in [4.69, 9.17) is 4.74 Å². The number of nitrogens with zero attached hydrogens (tertiary/aromatic N) is 1. The first kappa shape index (κ1) is 20.8. The van der Waals surface area contributed by atoms with Crippen LogP contribution in [0.25, 0.3) is 0 Å². The first-order valence-electron chi connectivity index (χ1n) is 9.29. The molecular weight excluding hydrogens is 398 g/mol. The summed E-state index contributed by atoms with van der Waals surface area (Å²) in [5, 5.41) is 0. The molecule has 1 aliphatic rings. The molecule has 152 valence electrons. The summed E-state index contributed by atoms with van der Waals surface area (Å²) in [5.74, 6) is 0.0659. The Balaban J connectivity index is 1.93. The van der Waals surface area contributed by atoms with E-state index in [-0.39, 0.29) is 15.5 Å². The maximum atomic E-state index is 13.4. The molecule has 0 spiro atoms. The Labute approximate surface area is 167 Å². The number of aryl methyl sites for hydroxylation is 1. The van der Waals surface area contributed by atoms with Crippen LogP contribution in [-0.4, -0.2) is 46.1 Å². The Hall–Kier alpha value is -1.90. The van der Waals surface area contributed by atoms with Gasteiger partial charge in [0.2, 0.25) is 10.0 Å². The van der Waals surface area contributed by atoms with Crippen molar-refractivity contribution < 1.29 is 21.6 Å². The predicted octanol–water partition coefficient (Wildman–Crippen LogP) is 3.02. The van der Waals surface area contributed by atoms with Gasteiger partial charge in [-0.15, -0.1) is 0 Å². The van der Waals surface area contributed by atoms with E-state index < -0.39 is 25.9 Å². The number of ether oxygens (including phenoxy) is 1. The average Bonchev–Trinajstić information content (AvgIpc) is 3.12. The van der Waals surface area contributed by atoms with Gasteiger partial charge in [-0.25, -0.2) is 16.8 Å². The molecule has 0 aliphatic carbocycles. The van der Waals surface area contributed by atoms with E-state index in [1.54, 1.807) is 43.3 Å². The average molecular weight is 424 g/mol. The third-order valence-electron chi connectivity index (χ3n) is 4.82. The lowest BCUT2D eigenvalue weighted by Crippen LogP contribution is -2.39. The van der Waals surface area contributed by atoms with Gasteiger partial charge in [-0.05, 0) is 56.5 Å². The number of hydrogen-bond acceptors (Lipinski definition) is 5. The molecule has 1 aliphatic heterocycles. The van der Waals surface area contributed by atoms with Crippen LogP contribution >= 0.6 is 0 Å². The zero-order valence-corrected chi connectivity index (χ0v) is 17.7. The second kappa shape index (κ2) is 8.23. The summed E-state index contributed by atoms with van der Waals surface area (Å²) < 4.78 is 59.1. The summed E-state index contributed by atoms with van der Waals surface area (Å²) in [7, 11) is -7.46. The fourth-order valence-corrected chi connectivity index (χ4v) is 7.11. The smallest absolute Gasteiger partial charge is 0.247 e. The molecule has 1 atom stereocenters. The zero-order valence-electron chi connectivity index (χ0n) is 16.0. The number of benzene rings is 2. The Kier molecular flexibility index (Phi) is 6.12. The molecule has 0 radical (unpaired) electrons. The monoisotopic (exact) mass is 423 g/mol. The van der Waals surface area contributed by atoms with E-state index in [1.807, 2.05) is 6.92 Å². The summed E-state index contributed by atoms with van der Waals surface area (Å²) in [5.41, 5.74) is 0.801. The molecular formula is C20H25NO5S2. The van der Waals surface area contributed by atoms with Gasteiger partial charge in [-0.3, -0.25) is 0 Å². The summed E-state index contributed by atoms with van der Waals surface area (Å²) in [4.78, 5) is 0.308. The highest BCUT2D eigenvalue weighted by atomic mass is 32.2. The van der Waals surface area contributed by atoms with Crippen molar-refractivity contribution in [1.29, 1.82) is 0 Å². The van der Waals surface area contributed by atoms with E-state index in [9.17, 15) is 16.8 Å². The van der Waals surface area contributed by atoms with Crippen LogP contribution in [0.2, 0.25) is 0 Å². The molecule has 8 heteroatoms. The van der Waals surface area contributed by atoms with E-state index in [0.29, 0.717) is 31.7 Å². The van der Waals surface area contributed by atoms with Crippen LogP contribution < -0.4 is 4.74 Å². The van der Waals surface area contributed by atoms with Gasteiger partial charge < -0.3 is 4.74 Å². The largest absolute Gasteiger partial charge is 0.492 e. The number of hydrogen-bond donors (Lipinski definition) is 0. The van der Waals surface area contributed by atoms with Crippen molar-refractivity contribution >= 4 is 19.9 Å². The van der Waals surface area contributed by atoms with Gasteiger partial charge in [-0.1, -0.05) is 24.3 Å². The first-order valence-corrected chi connectivity index (χ1v) is 12.4. The van der Waals surface area contributed by atoms with Crippen molar-refractivity contribution in [3.05, 3.63) is 54.1 Å². The van der Waals surface area contributed by atoms with E-state index in [0.717, 1.165) is 5.56 Å². The number of rotatable bonds is 7. The molecule has 1 saturated heterocycles. The summed E-state index contributed by atoms with van der Waals surface area (Å²) in [6.45, 7) is 4.26. The van der Waals surface area contributed by atoms with Crippen LogP contribution in [0, 0.1) is 6.92 Å². The number of sulfone groups is 1. The van der Waals surface area contributed by atoms with Gasteiger partial charge in [0.15, 0.2) is 9.84 Å². The van der Waals surface area contributed by atoms with Crippen LogP contribution in [0.15, 0.2) is 58.3 Å². The maximum absolute atomic E-state index is 13.4. The van der Waals surface area contributed by atoms with Gasteiger partial charge >= 0.3 is 0 Å². The van der Waals surface area contributed by atoms with Gasteiger partial charge in [-0.2, -0.15) is 4.31 Å². The summed E-state index contributed by atoms with van der Waals surface area (Å²) in [6.07, 6.45) is 1.14. The van der Waals surface area contributed by atoms with Crippen LogP contribution in [0.3, 0.4) is 0 Å². The quantitative estimate of drug-likeness (QED) is 0.684. The Morgan fingerprint density at radius 1 is 1.07 bits per heavy atom. The molecule has 28 heavy (non-hydrogen) atoms. The second-order valence-corrected chi connectivity index (χ2v) is 10.8. The predicted molar refractivity (Wildman–Crippen MR) is 108 cm³/mol. The minimum Gasteiger partial charge on any atom is -0.492 e. The molecule has 1 unspecified atom stereocenters. The molecule has 0 aromatic heterocycles. The van der Waals surface area contributed by atoms with Crippen molar-refractivity contribution in [1.82, 2.24) is 4.31 Å². The van der Waals surface area contributed by atoms with Gasteiger partial charge in [0, 0.05) is 12.6 Å². The van der Waals surface area contributed by atoms with Crippen LogP contribution in [-0.2, 0) is 19.9 Å². The van der Waals surface area contributed by atoms with E-state index in [2.05, 4.69) is 0 Å². The molecule has 0 amide bonds. The molecule has 0 N–H and O–H groups in total. The van der Waals surface area contributed by atoms with Gasteiger partial charge in [0.05, 0.1) is 17.3 Å². The maximum Gasteiger partial charge on any atom is 0.247 e. The Morgan fingerprint density at radius 3 is 2.46 bits per heavy atom. The fraction of sp³-hybridized carbons (Fsp3) is 0.400. The van der Waals surface area contributed by atoms with Gasteiger partial charge in [0.25, 0.3) is 0 Å². The Morgan fingerprint density at radius 2 is 1.79 bits per heavy atom. The summed E-state index contributed by atoms with van der Waals surface area (Å²) in [6, 6.07) is 12.6. The molecule has 1 heterocycles. The third-order valence-corrected chi connectivity index (χ3v) is 8.61. The summed E-state index contributed by atoms with van der Waals surface area (Å²) >= 11 is 0. The molecule has 2 aromatic carbocycles. The van der Waals surface area contributed by atoms with Crippen molar-refractivity contribution in [2.24, 2.45) is 0 Å². The van der Waals surface area contributed by atoms with Crippen molar-refractivity contribution in [2.75, 3.05) is 18.9 Å². The molecule has 1 fully saturated rings. The molecule has 0 saturated carbocycles. The van der Waals surface area contributed by atoms with E-state index in [1.165, 1.54) is 16.4 Å². The lowest BCUT2D eigenvalue weighted by molar-refractivity contribution is 0.328. The lowest BCUT2D eigenvalue weighted by Gasteiger charge is -2.25. The van der Waals surface area contributed by atoms with Crippen LogP contribution in [0.5, 0.6) is 5.75 Å². The Bertz CT molecular complexity index is 1030. The molecule has 6 nitrogen and oxygen atoms in total. The first-order chi connectivity index (χ1) is 13.3. The third kappa shape index (κ3) is 4.24. The molecule has 2 aromatic rings. The lowest BCUT2D eigenvalue weighted by atomic mass is 10.2. The van der Waals surface area contributed by atoms with Gasteiger partial charge in [0.1, 0.15) is 10.6 Å².